The second kappa shape index (κ2) is 7.04. The minimum Gasteiger partial charge on any atom is -0.492 e. The Balaban J connectivity index is 2.16. The maximum atomic E-state index is 10.7. The van der Waals surface area contributed by atoms with E-state index in [1.54, 1.807) is 19.5 Å². The van der Waals surface area contributed by atoms with Crippen LogP contribution in [-0.4, -0.2) is 29.4 Å². The standard InChI is InChI=1S/C16H25NO3/c1-3-9-20-14-10-13(11-17-12-14)15(18)16(19-2)7-5-4-6-8-16/h10-12,15,18H,3-9H2,1-2H3. The Morgan fingerprint density at radius 2 is 2.05 bits per heavy atom. The van der Waals surface area contributed by atoms with Gasteiger partial charge in [-0.25, -0.2) is 0 Å². The number of ether oxygens (including phenoxy) is 2. The van der Waals surface area contributed by atoms with Crippen molar-refractivity contribution in [2.24, 2.45) is 0 Å². The van der Waals surface area contributed by atoms with Gasteiger partial charge in [-0.2, -0.15) is 0 Å². The molecule has 1 atom stereocenters. The van der Waals surface area contributed by atoms with Gasteiger partial charge >= 0.3 is 0 Å². The molecule has 1 heterocycles. The van der Waals surface area contributed by atoms with Gasteiger partial charge in [-0.05, 0) is 25.3 Å². The van der Waals surface area contributed by atoms with E-state index >= 15 is 0 Å². The van der Waals surface area contributed by atoms with Crippen molar-refractivity contribution in [3.63, 3.8) is 0 Å². The van der Waals surface area contributed by atoms with Crippen molar-refractivity contribution in [3.8, 4) is 5.75 Å². The summed E-state index contributed by atoms with van der Waals surface area (Å²) in [6.45, 7) is 2.73. The van der Waals surface area contributed by atoms with Crippen molar-refractivity contribution in [1.29, 1.82) is 0 Å². The summed E-state index contributed by atoms with van der Waals surface area (Å²) in [5.74, 6) is 0.713. The van der Waals surface area contributed by atoms with Gasteiger partial charge in [-0.1, -0.05) is 26.2 Å². The molecule has 0 spiro atoms. The average molecular weight is 279 g/mol. The summed E-state index contributed by atoms with van der Waals surface area (Å²) in [6, 6.07) is 1.88. The fourth-order valence-corrected chi connectivity index (χ4v) is 2.93. The molecule has 1 aromatic rings. The molecule has 20 heavy (non-hydrogen) atoms. The fraction of sp³-hybridized carbons (Fsp3) is 0.688. The van der Waals surface area contributed by atoms with Gasteiger partial charge in [-0.3, -0.25) is 4.98 Å². The Labute approximate surface area is 121 Å². The Kier molecular flexibility index (Phi) is 5.38. The molecule has 2 rings (SSSR count). The molecule has 4 heteroatoms. The van der Waals surface area contributed by atoms with Crippen molar-refractivity contribution in [2.45, 2.75) is 57.2 Å². The lowest BCUT2D eigenvalue weighted by atomic mass is 9.78. The molecule has 0 amide bonds. The molecular formula is C16H25NO3. The second-order valence-corrected chi connectivity index (χ2v) is 5.53. The van der Waals surface area contributed by atoms with Crippen LogP contribution < -0.4 is 4.74 Å². The molecular weight excluding hydrogens is 254 g/mol. The zero-order valence-electron chi connectivity index (χ0n) is 12.5. The highest BCUT2D eigenvalue weighted by molar-refractivity contribution is 5.27. The zero-order valence-corrected chi connectivity index (χ0v) is 12.5. The summed E-state index contributed by atoms with van der Waals surface area (Å²) in [7, 11) is 1.69. The first-order valence-corrected chi connectivity index (χ1v) is 7.53. The third-order valence-electron chi connectivity index (χ3n) is 4.13. The van der Waals surface area contributed by atoms with Gasteiger partial charge in [0.25, 0.3) is 0 Å². The van der Waals surface area contributed by atoms with Crippen LogP contribution in [0.25, 0.3) is 0 Å². The number of pyridine rings is 1. The van der Waals surface area contributed by atoms with Gasteiger partial charge in [0.1, 0.15) is 11.9 Å². The lowest BCUT2D eigenvalue weighted by Gasteiger charge is -2.40. The molecule has 4 nitrogen and oxygen atoms in total. The maximum Gasteiger partial charge on any atom is 0.137 e. The molecule has 1 unspecified atom stereocenters. The van der Waals surface area contributed by atoms with E-state index in [-0.39, 0.29) is 0 Å². The van der Waals surface area contributed by atoms with Gasteiger partial charge < -0.3 is 14.6 Å². The van der Waals surface area contributed by atoms with Crippen LogP contribution in [0.15, 0.2) is 18.5 Å². The van der Waals surface area contributed by atoms with Crippen LogP contribution in [-0.2, 0) is 4.74 Å². The molecule has 1 fully saturated rings. The summed E-state index contributed by atoms with van der Waals surface area (Å²) >= 11 is 0. The van der Waals surface area contributed by atoms with Crippen LogP contribution in [0.2, 0.25) is 0 Å². The van der Waals surface area contributed by atoms with E-state index in [1.165, 1.54) is 6.42 Å². The van der Waals surface area contributed by atoms with E-state index in [1.807, 2.05) is 6.07 Å². The Hall–Kier alpha value is -1.13. The monoisotopic (exact) mass is 279 g/mol. The van der Waals surface area contributed by atoms with Crippen LogP contribution in [0.4, 0.5) is 0 Å². The first-order chi connectivity index (χ1) is 9.72. The molecule has 0 saturated heterocycles. The second-order valence-electron chi connectivity index (χ2n) is 5.53. The van der Waals surface area contributed by atoms with E-state index in [4.69, 9.17) is 9.47 Å². The molecule has 1 N–H and O–H groups in total. The predicted molar refractivity (Wildman–Crippen MR) is 77.8 cm³/mol. The number of aliphatic hydroxyl groups excluding tert-OH is 1. The van der Waals surface area contributed by atoms with E-state index in [2.05, 4.69) is 11.9 Å². The third-order valence-corrected chi connectivity index (χ3v) is 4.13. The maximum absolute atomic E-state index is 10.7. The Morgan fingerprint density at radius 1 is 1.30 bits per heavy atom. The molecule has 0 radical (unpaired) electrons. The number of aliphatic hydroxyl groups is 1. The van der Waals surface area contributed by atoms with E-state index in [0.717, 1.165) is 37.7 Å². The Bertz CT molecular complexity index is 416. The van der Waals surface area contributed by atoms with Crippen LogP contribution in [0, 0.1) is 0 Å². The van der Waals surface area contributed by atoms with Crippen LogP contribution in [0.3, 0.4) is 0 Å². The van der Waals surface area contributed by atoms with Crippen LogP contribution >= 0.6 is 0 Å². The summed E-state index contributed by atoms with van der Waals surface area (Å²) in [6.07, 6.45) is 8.91. The summed E-state index contributed by atoms with van der Waals surface area (Å²) < 4.78 is 11.3. The van der Waals surface area contributed by atoms with Crippen molar-refractivity contribution in [3.05, 3.63) is 24.0 Å². The first kappa shape index (κ1) is 15.3. The zero-order chi connectivity index (χ0) is 14.4. The minimum absolute atomic E-state index is 0.469. The average Bonchev–Trinajstić information content (AvgIpc) is 2.53. The molecule has 0 aliphatic heterocycles. The highest BCUT2D eigenvalue weighted by Gasteiger charge is 2.40. The topological polar surface area (TPSA) is 51.6 Å². The normalized spacial score (nSPS) is 19.6. The quantitative estimate of drug-likeness (QED) is 0.868. The number of hydrogen-bond acceptors (Lipinski definition) is 4. The summed E-state index contributed by atoms with van der Waals surface area (Å²) in [5, 5.41) is 10.7. The highest BCUT2D eigenvalue weighted by atomic mass is 16.5. The molecule has 0 aromatic carbocycles. The summed E-state index contributed by atoms with van der Waals surface area (Å²) in [5.41, 5.74) is 0.311. The van der Waals surface area contributed by atoms with Gasteiger partial charge in [0.05, 0.1) is 18.4 Å². The number of nitrogens with zero attached hydrogens (tertiary/aromatic N) is 1. The van der Waals surface area contributed by atoms with Crippen molar-refractivity contribution >= 4 is 0 Å². The van der Waals surface area contributed by atoms with E-state index in [9.17, 15) is 5.11 Å². The minimum atomic E-state index is -0.648. The molecule has 0 bridgehead atoms. The first-order valence-electron chi connectivity index (χ1n) is 7.53. The lowest BCUT2D eigenvalue weighted by Crippen LogP contribution is -2.40. The molecule has 112 valence electrons. The third kappa shape index (κ3) is 3.30. The largest absolute Gasteiger partial charge is 0.492 e. The van der Waals surface area contributed by atoms with Crippen molar-refractivity contribution in [1.82, 2.24) is 4.98 Å². The smallest absolute Gasteiger partial charge is 0.137 e. The molecule has 1 aromatic heterocycles. The predicted octanol–water partition coefficient (Wildman–Crippen LogP) is 3.25. The fourth-order valence-electron chi connectivity index (χ4n) is 2.93. The van der Waals surface area contributed by atoms with Crippen molar-refractivity contribution < 1.29 is 14.6 Å². The SMILES string of the molecule is CCCOc1cncc(C(O)C2(OC)CCCCC2)c1. The van der Waals surface area contributed by atoms with Gasteiger partial charge in [0.15, 0.2) is 0 Å². The molecule has 1 aliphatic carbocycles. The molecule has 1 aliphatic rings. The van der Waals surface area contributed by atoms with E-state index < -0.39 is 11.7 Å². The molecule has 1 saturated carbocycles. The van der Waals surface area contributed by atoms with Gasteiger partial charge in [0, 0.05) is 18.9 Å². The highest BCUT2D eigenvalue weighted by Crippen LogP contribution is 2.41. The Morgan fingerprint density at radius 3 is 2.70 bits per heavy atom. The number of rotatable bonds is 6. The van der Waals surface area contributed by atoms with E-state index in [0.29, 0.717) is 12.4 Å². The van der Waals surface area contributed by atoms with Crippen molar-refractivity contribution in [2.75, 3.05) is 13.7 Å². The van der Waals surface area contributed by atoms with Crippen LogP contribution in [0.1, 0.15) is 57.1 Å². The van der Waals surface area contributed by atoms with Gasteiger partial charge in [-0.15, -0.1) is 0 Å². The number of methoxy groups -OCH3 is 1. The summed E-state index contributed by atoms with van der Waals surface area (Å²) in [4.78, 5) is 4.18. The van der Waals surface area contributed by atoms with Crippen LogP contribution in [0.5, 0.6) is 5.75 Å². The lowest BCUT2D eigenvalue weighted by molar-refractivity contribution is -0.125. The number of hydrogen-bond donors (Lipinski definition) is 1. The van der Waals surface area contributed by atoms with Gasteiger partial charge in [0.2, 0.25) is 0 Å². The number of aromatic nitrogens is 1.